The lowest BCUT2D eigenvalue weighted by molar-refractivity contribution is 0.187. The van der Waals surface area contributed by atoms with Crippen molar-refractivity contribution in [3.8, 4) is 0 Å². The van der Waals surface area contributed by atoms with Gasteiger partial charge in [-0.05, 0) is 27.8 Å². The normalized spacial score (nSPS) is 14.2. The third-order valence-electron chi connectivity index (χ3n) is 1.96. The van der Waals surface area contributed by atoms with E-state index >= 15 is 0 Å². The van der Waals surface area contributed by atoms with Gasteiger partial charge in [0.05, 0.1) is 6.10 Å². The number of aliphatic hydroxyl groups excluding tert-OH is 1. The number of hydrogen-bond donors (Lipinski definition) is 2. The molecular weight excluding hydrogens is 152 g/mol. The van der Waals surface area contributed by atoms with Crippen LogP contribution in [0.2, 0.25) is 0 Å². The molecule has 12 heavy (non-hydrogen) atoms. The van der Waals surface area contributed by atoms with Crippen molar-refractivity contribution in [3.63, 3.8) is 0 Å². The molecule has 74 valence electrons. The van der Waals surface area contributed by atoms with Gasteiger partial charge in [0.2, 0.25) is 0 Å². The highest BCUT2D eigenvalue weighted by Gasteiger charge is 2.01. The molecule has 0 amide bonds. The fourth-order valence-corrected chi connectivity index (χ4v) is 0.825. The van der Waals surface area contributed by atoms with Crippen LogP contribution in [0, 0.1) is 0 Å². The number of hydrogen-bond acceptors (Lipinski definition) is 3. The molecule has 0 spiro atoms. The number of nitrogens with zero attached hydrogens (tertiary/aromatic N) is 1. The van der Waals surface area contributed by atoms with E-state index in [1.807, 2.05) is 0 Å². The van der Waals surface area contributed by atoms with E-state index in [9.17, 15) is 0 Å². The number of rotatable bonds is 6. The van der Waals surface area contributed by atoms with Crippen LogP contribution in [0.5, 0.6) is 0 Å². The Morgan fingerprint density at radius 1 is 1.33 bits per heavy atom. The van der Waals surface area contributed by atoms with Crippen molar-refractivity contribution in [1.82, 2.24) is 10.2 Å². The monoisotopic (exact) mass is 174 g/mol. The van der Waals surface area contributed by atoms with Crippen molar-refractivity contribution in [1.29, 1.82) is 0 Å². The van der Waals surface area contributed by atoms with Crippen LogP contribution in [0.25, 0.3) is 0 Å². The largest absolute Gasteiger partial charge is 0.392 e. The summed E-state index contributed by atoms with van der Waals surface area (Å²) in [7, 11) is 2.11. The predicted molar refractivity (Wildman–Crippen MR) is 52.3 cm³/mol. The lowest BCUT2D eigenvalue weighted by Gasteiger charge is -2.21. The maximum atomic E-state index is 8.95. The van der Waals surface area contributed by atoms with Gasteiger partial charge < -0.3 is 15.3 Å². The first-order valence-electron chi connectivity index (χ1n) is 4.63. The van der Waals surface area contributed by atoms with Crippen molar-refractivity contribution in [2.24, 2.45) is 0 Å². The highest BCUT2D eigenvalue weighted by atomic mass is 16.3. The molecule has 0 aliphatic carbocycles. The Morgan fingerprint density at radius 3 is 2.33 bits per heavy atom. The first kappa shape index (κ1) is 11.9. The average molecular weight is 174 g/mol. The summed E-state index contributed by atoms with van der Waals surface area (Å²) < 4.78 is 0. The third kappa shape index (κ3) is 6.58. The van der Waals surface area contributed by atoms with Crippen LogP contribution in [0.4, 0.5) is 0 Å². The molecular formula is C9H22N2O. The SMILES string of the molecule is CC(O)CNCCN(C)C(C)C. The van der Waals surface area contributed by atoms with Gasteiger partial charge >= 0.3 is 0 Å². The van der Waals surface area contributed by atoms with Crippen molar-refractivity contribution in [2.75, 3.05) is 26.7 Å². The van der Waals surface area contributed by atoms with Crippen LogP contribution in [-0.4, -0.2) is 48.8 Å². The van der Waals surface area contributed by atoms with Crippen LogP contribution in [0.1, 0.15) is 20.8 Å². The second-order valence-corrected chi connectivity index (χ2v) is 3.63. The minimum Gasteiger partial charge on any atom is -0.392 e. The molecule has 0 aromatic heterocycles. The van der Waals surface area contributed by atoms with Crippen LogP contribution in [0.15, 0.2) is 0 Å². The first-order valence-corrected chi connectivity index (χ1v) is 4.63. The van der Waals surface area contributed by atoms with E-state index in [-0.39, 0.29) is 6.10 Å². The molecule has 0 aliphatic heterocycles. The smallest absolute Gasteiger partial charge is 0.0636 e. The molecule has 0 bridgehead atoms. The summed E-state index contributed by atoms with van der Waals surface area (Å²) in [5.74, 6) is 0. The van der Waals surface area contributed by atoms with E-state index in [2.05, 4.69) is 31.1 Å². The van der Waals surface area contributed by atoms with Crippen molar-refractivity contribution in [2.45, 2.75) is 32.9 Å². The van der Waals surface area contributed by atoms with Crippen LogP contribution in [-0.2, 0) is 0 Å². The van der Waals surface area contributed by atoms with Gasteiger partial charge in [-0.25, -0.2) is 0 Å². The van der Waals surface area contributed by atoms with Gasteiger partial charge in [0.25, 0.3) is 0 Å². The lowest BCUT2D eigenvalue weighted by Crippen LogP contribution is -2.35. The highest BCUT2D eigenvalue weighted by Crippen LogP contribution is 1.90. The van der Waals surface area contributed by atoms with Gasteiger partial charge in [-0.1, -0.05) is 0 Å². The van der Waals surface area contributed by atoms with E-state index in [1.165, 1.54) is 0 Å². The molecule has 0 aromatic carbocycles. The number of aliphatic hydroxyl groups is 1. The van der Waals surface area contributed by atoms with Crippen molar-refractivity contribution in [3.05, 3.63) is 0 Å². The summed E-state index contributed by atoms with van der Waals surface area (Å²) in [5, 5.41) is 12.1. The van der Waals surface area contributed by atoms with Crippen molar-refractivity contribution < 1.29 is 5.11 Å². The summed E-state index contributed by atoms with van der Waals surface area (Å²) >= 11 is 0. The molecule has 0 fully saturated rings. The van der Waals surface area contributed by atoms with E-state index in [0.29, 0.717) is 12.6 Å². The zero-order valence-corrected chi connectivity index (χ0v) is 8.67. The first-order chi connectivity index (χ1) is 5.54. The summed E-state index contributed by atoms with van der Waals surface area (Å²) in [5.41, 5.74) is 0. The molecule has 3 nitrogen and oxygen atoms in total. The second kappa shape index (κ2) is 6.40. The zero-order valence-electron chi connectivity index (χ0n) is 8.67. The molecule has 1 atom stereocenters. The van der Waals surface area contributed by atoms with Crippen molar-refractivity contribution >= 4 is 0 Å². The Hall–Kier alpha value is -0.120. The number of nitrogens with one attached hydrogen (secondary N) is 1. The summed E-state index contributed by atoms with van der Waals surface area (Å²) in [6.07, 6.45) is -0.241. The Kier molecular flexibility index (Phi) is 6.34. The summed E-state index contributed by atoms with van der Waals surface area (Å²) in [4.78, 5) is 2.27. The molecule has 0 rings (SSSR count). The van der Waals surface area contributed by atoms with Gasteiger partial charge in [0, 0.05) is 25.7 Å². The number of likely N-dealkylation sites (N-methyl/N-ethyl adjacent to an activating group) is 1. The van der Waals surface area contributed by atoms with Crippen LogP contribution < -0.4 is 5.32 Å². The maximum absolute atomic E-state index is 8.95. The van der Waals surface area contributed by atoms with E-state index in [0.717, 1.165) is 13.1 Å². The van der Waals surface area contributed by atoms with Gasteiger partial charge in [0.1, 0.15) is 0 Å². The van der Waals surface area contributed by atoms with Gasteiger partial charge in [-0.3, -0.25) is 0 Å². The maximum Gasteiger partial charge on any atom is 0.0636 e. The van der Waals surface area contributed by atoms with E-state index in [4.69, 9.17) is 5.11 Å². The third-order valence-corrected chi connectivity index (χ3v) is 1.96. The van der Waals surface area contributed by atoms with Gasteiger partial charge in [-0.15, -0.1) is 0 Å². The van der Waals surface area contributed by atoms with Gasteiger partial charge in [0.15, 0.2) is 0 Å². The molecule has 0 aliphatic rings. The van der Waals surface area contributed by atoms with E-state index < -0.39 is 0 Å². The molecule has 3 heteroatoms. The molecule has 0 radical (unpaired) electrons. The Bertz CT molecular complexity index is 105. The van der Waals surface area contributed by atoms with Crippen LogP contribution in [0.3, 0.4) is 0 Å². The quantitative estimate of drug-likeness (QED) is 0.568. The Balaban J connectivity index is 3.20. The fourth-order valence-electron chi connectivity index (χ4n) is 0.825. The summed E-state index contributed by atoms with van der Waals surface area (Å²) in [6, 6.07) is 0.596. The Morgan fingerprint density at radius 2 is 1.92 bits per heavy atom. The molecule has 0 saturated heterocycles. The molecule has 0 saturated carbocycles. The zero-order chi connectivity index (χ0) is 9.56. The predicted octanol–water partition coefficient (Wildman–Crippen LogP) is 0.297. The fraction of sp³-hybridized carbons (Fsp3) is 1.00. The highest BCUT2D eigenvalue weighted by molar-refractivity contribution is 4.59. The van der Waals surface area contributed by atoms with Gasteiger partial charge in [-0.2, -0.15) is 0 Å². The second-order valence-electron chi connectivity index (χ2n) is 3.63. The topological polar surface area (TPSA) is 35.5 Å². The summed E-state index contributed by atoms with van der Waals surface area (Å²) in [6.45, 7) is 8.80. The minimum absolute atomic E-state index is 0.241. The molecule has 2 N–H and O–H groups in total. The lowest BCUT2D eigenvalue weighted by atomic mass is 10.3. The standard InChI is InChI=1S/C9H22N2O/c1-8(2)11(4)6-5-10-7-9(3)12/h8-10,12H,5-7H2,1-4H3. The molecule has 0 aromatic rings. The minimum atomic E-state index is -0.241. The molecule has 0 heterocycles. The average Bonchev–Trinajstić information content (AvgIpc) is 1.97. The van der Waals surface area contributed by atoms with Crippen LogP contribution >= 0.6 is 0 Å². The Labute approximate surface area is 75.8 Å². The van der Waals surface area contributed by atoms with E-state index in [1.54, 1.807) is 6.92 Å². The molecule has 1 unspecified atom stereocenters.